The van der Waals surface area contributed by atoms with Crippen molar-refractivity contribution in [1.29, 1.82) is 0 Å². The van der Waals surface area contributed by atoms with Gasteiger partial charge in [0, 0.05) is 22.4 Å². The fraction of sp³-hybridized carbons (Fsp3) is 0.0612. The van der Waals surface area contributed by atoms with Crippen LogP contribution in [0.5, 0.6) is 0 Å². The van der Waals surface area contributed by atoms with Crippen LogP contribution >= 0.6 is 0 Å². The van der Waals surface area contributed by atoms with Gasteiger partial charge in [0.25, 0.3) is 0 Å². The second kappa shape index (κ2) is 12.1. The highest BCUT2D eigenvalue weighted by Gasteiger charge is 2.38. The molecule has 0 amide bonds. The van der Waals surface area contributed by atoms with E-state index in [1.54, 1.807) is 0 Å². The topological polar surface area (TPSA) is 3.24 Å². The first-order valence-corrected chi connectivity index (χ1v) is 17.4. The molecule has 0 aliphatic heterocycles. The molecule has 0 aromatic heterocycles. The first-order valence-electron chi connectivity index (χ1n) is 17.4. The van der Waals surface area contributed by atoms with E-state index in [1.807, 2.05) is 0 Å². The number of hydrogen-bond acceptors (Lipinski definition) is 1. The molecule has 0 saturated heterocycles. The Kier molecular flexibility index (Phi) is 7.21. The zero-order valence-corrected chi connectivity index (χ0v) is 28.3. The number of anilines is 3. The first kappa shape index (κ1) is 29.9. The Morgan fingerprint density at radius 1 is 0.380 bits per heavy atom. The Hall–Kier alpha value is -6.18. The standard InChI is InChI=1S/C49H37N/c1-49(2)45-30-16-29-42(35-17-6-3-7-18-35)48(45)44-32-43(36-19-8-4-9-20-36)47(33-46(44)49)50(38-24-10-5-11-25-38)39-26-14-23-37(31-39)41-28-15-22-34-21-12-13-27-40(34)41/h3-33H,1-2H3. The van der Waals surface area contributed by atoms with Crippen LogP contribution in [0.3, 0.4) is 0 Å². The number of fused-ring (bicyclic) bond motifs is 4. The van der Waals surface area contributed by atoms with Crippen molar-refractivity contribution in [3.8, 4) is 44.5 Å². The van der Waals surface area contributed by atoms with Crippen molar-refractivity contribution in [3.63, 3.8) is 0 Å². The number of nitrogens with zero attached hydrogens (tertiary/aromatic N) is 1. The average Bonchev–Trinajstić information content (AvgIpc) is 3.41. The van der Waals surface area contributed by atoms with Gasteiger partial charge in [-0.2, -0.15) is 0 Å². The normalized spacial score (nSPS) is 12.8. The second-order valence-corrected chi connectivity index (χ2v) is 13.7. The molecule has 1 nitrogen and oxygen atoms in total. The molecule has 8 aromatic rings. The lowest BCUT2D eigenvalue weighted by Crippen LogP contribution is -2.17. The highest BCUT2D eigenvalue weighted by Crippen LogP contribution is 2.56. The second-order valence-electron chi connectivity index (χ2n) is 13.7. The van der Waals surface area contributed by atoms with Gasteiger partial charge in [-0.05, 0) is 97.2 Å². The first-order chi connectivity index (χ1) is 24.6. The molecule has 0 fully saturated rings. The van der Waals surface area contributed by atoms with Crippen LogP contribution in [-0.2, 0) is 5.41 Å². The van der Waals surface area contributed by atoms with Crippen molar-refractivity contribution in [1.82, 2.24) is 0 Å². The van der Waals surface area contributed by atoms with Crippen LogP contribution in [0.25, 0.3) is 55.3 Å². The van der Waals surface area contributed by atoms with Crippen LogP contribution in [0.15, 0.2) is 188 Å². The highest BCUT2D eigenvalue weighted by atomic mass is 15.1. The van der Waals surface area contributed by atoms with Gasteiger partial charge in [0.15, 0.2) is 0 Å². The van der Waals surface area contributed by atoms with E-state index in [0.717, 1.165) is 11.4 Å². The third-order valence-electron chi connectivity index (χ3n) is 10.4. The summed E-state index contributed by atoms with van der Waals surface area (Å²) >= 11 is 0. The maximum absolute atomic E-state index is 2.48. The molecule has 0 saturated carbocycles. The maximum Gasteiger partial charge on any atom is 0.0543 e. The van der Waals surface area contributed by atoms with Gasteiger partial charge < -0.3 is 4.90 Å². The van der Waals surface area contributed by atoms with Crippen molar-refractivity contribution in [2.75, 3.05) is 4.90 Å². The minimum Gasteiger partial charge on any atom is -0.310 e. The van der Waals surface area contributed by atoms with Gasteiger partial charge in [0.2, 0.25) is 0 Å². The van der Waals surface area contributed by atoms with E-state index in [9.17, 15) is 0 Å². The molecule has 0 bridgehead atoms. The van der Waals surface area contributed by atoms with E-state index in [0.29, 0.717) is 0 Å². The molecule has 0 spiro atoms. The van der Waals surface area contributed by atoms with Crippen LogP contribution < -0.4 is 4.90 Å². The van der Waals surface area contributed by atoms with Gasteiger partial charge in [-0.25, -0.2) is 0 Å². The summed E-state index contributed by atoms with van der Waals surface area (Å²) in [5, 5.41) is 2.51. The molecule has 1 aliphatic carbocycles. The summed E-state index contributed by atoms with van der Waals surface area (Å²) < 4.78 is 0. The SMILES string of the molecule is CC1(C)c2cc(N(c3ccccc3)c3cccc(-c4cccc5ccccc45)c3)c(-c3ccccc3)cc2-c2c(-c3ccccc3)cccc21. The monoisotopic (exact) mass is 639 g/mol. The zero-order chi connectivity index (χ0) is 33.7. The molecule has 0 radical (unpaired) electrons. The Morgan fingerprint density at radius 2 is 0.940 bits per heavy atom. The molecular formula is C49H37N. The van der Waals surface area contributed by atoms with E-state index in [-0.39, 0.29) is 5.41 Å². The van der Waals surface area contributed by atoms with Crippen molar-refractivity contribution in [3.05, 3.63) is 199 Å². The molecule has 0 N–H and O–H groups in total. The Bertz CT molecular complexity index is 2490. The number of rotatable bonds is 6. The molecule has 9 rings (SSSR count). The van der Waals surface area contributed by atoms with Gasteiger partial charge >= 0.3 is 0 Å². The van der Waals surface area contributed by atoms with E-state index < -0.39 is 0 Å². The number of hydrogen-bond donors (Lipinski definition) is 0. The van der Waals surface area contributed by atoms with Gasteiger partial charge in [-0.1, -0.05) is 166 Å². The van der Waals surface area contributed by atoms with Crippen LogP contribution in [0.2, 0.25) is 0 Å². The third kappa shape index (κ3) is 4.94. The van der Waals surface area contributed by atoms with Gasteiger partial charge in [-0.15, -0.1) is 0 Å². The van der Waals surface area contributed by atoms with Crippen LogP contribution in [0.1, 0.15) is 25.0 Å². The number of benzene rings is 8. The maximum atomic E-state index is 2.48. The largest absolute Gasteiger partial charge is 0.310 e. The Morgan fingerprint density at radius 3 is 1.70 bits per heavy atom. The minimum absolute atomic E-state index is 0.188. The third-order valence-corrected chi connectivity index (χ3v) is 10.4. The van der Waals surface area contributed by atoms with E-state index in [2.05, 4.69) is 207 Å². The number of para-hydroxylation sites is 1. The van der Waals surface area contributed by atoms with E-state index >= 15 is 0 Å². The highest BCUT2D eigenvalue weighted by molar-refractivity contribution is 6.00. The summed E-state index contributed by atoms with van der Waals surface area (Å²) in [7, 11) is 0. The van der Waals surface area contributed by atoms with Crippen LogP contribution in [0, 0.1) is 0 Å². The average molecular weight is 640 g/mol. The summed E-state index contributed by atoms with van der Waals surface area (Å²) in [4.78, 5) is 2.45. The lowest BCUT2D eigenvalue weighted by Gasteiger charge is -2.30. The molecule has 50 heavy (non-hydrogen) atoms. The summed E-state index contributed by atoms with van der Waals surface area (Å²) in [6, 6.07) is 68.6. The lowest BCUT2D eigenvalue weighted by atomic mass is 9.81. The zero-order valence-electron chi connectivity index (χ0n) is 28.3. The van der Waals surface area contributed by atoms with Gasteiger partial charge in [0.05, 0.1) is 5.69 Å². The molecule has 1 heteroatoms. The van der Waals surface area contributed by atoms with E-state index in [1.165, 1.54) is 72.1 Å². The predicted molar refractivity (Wildman–Crippen MR) is 213 cm³/mol. The van der Waals surface area contributed by atoms with Crippen LogP contribution in [0.4, 0.5) is 17.1 Å². The summed E-state index contributed by atoms with van der Waals surface area (Å²) in [5.41, 5.74) is 15.9. The molecule has 1 aliphatic rings. The fourth-order valence-corrected chi connectivity index (χ4v) is 8.01. The molecule has 8 aromatic carbocycles. The summed E-state index contributed by atoms with van der Waals surface area (Å²) in [6.07, 6.45) is 0. The molecule has 238 valence electrons. The van der Waals surface area contributed by atoms with Crippen molar-refractivity contribution in [2.45, 2.75) is 19.3 Å². The summed E-state index contributed by atoms with van der Waals surface area (Å²) in [5.74, 6) is 0. The van der Waals surface area contributed by atoms with Gasteiger partial charge in [-0.3, -0.25) is 0 Å². The molecular weight excluding hydrogens is 603 g/mol. The molecule has 0 unspecified atom stereocenters. The Balaban J connectivity index is 1.31. The quantitative estimate of drug-likeness (QED) is 0.175. The molecule has 0 atom stereocenters. The van der Waals surface area contributed by atoms with Crippen molar-refractivity contribution in [2.24, 2.45) is 0 Å². The fourth-order valence-electron chi connectivity index (χ4n) is 8.01. The molecule has 0 heterocycles. The smallest absolute Gasteiger partial charge is 0.0543 e. The summed E-state index contributed by atoms with van der Waals surface area (Å²) in [6.45, 7) is 4.76. The lowest BCUT2D eigenvalue weighted by molar-refractivity contribution is 0.660. The van der Waals surface area contributed by atoms with Gasteiger partial charge in [0.1, 0.15) is 0 Å². The minimum atomic E-state index is -0.188. The Labute approximate surface area is 294 Å². The van der Waals surface area contributed by atoms with Crippen molar-refractivity contribution >= 4 is 27.8 Å². The van der Waals surface area contributed by atoms with Crippen LogP contribution in [-0.4, -0.2) is 0 Å². The van der Waals surface area contributed by atoms with E-state index in [4.69, 9.17) is 0 Å². The van der Waals surface area contributed by atoms with Crippen molar-refractivity contribution < 1.29 is 0 Å². The predicted octanol–water partition coefficient (Wildman–Crippen LogP) is 13.6.